The van der Waals surface area contributed by atoms with Crippen LogP contribution in [-0.2, 0) is 4.79 Å². The molecule has 2 N–H and O–H groups in total. The number of carbonyl (C=O) groups is 1. The fourth-order valence-electron chi connectivity index (χ4n) is 1.03. The number of carboxylic acids is 1. The first kappa shape index (κ1) is 10.8. The number of hydrogen-bond donors (Lipinski definition) is 2. The topological polar surface area (TPSA) is 62.2 Å². The van der Waals surface area contributed by atoms with Crippen LogP contribution in [0.25, 0.3) is 0 Å². The highest BCUT2D eigenvalue weighted by molar-refractivity contribution is 6.29. The van der Waals surface area contributed by atoms with Gasteiger partial charge in [0.1, 0.15) is 11.2 Å². The predicted octanol–water partition coefficient (Wildman–Crippen LogP) is 2.01. The van der Waals surface area contributed by atoms with Crippen molar-refractivity contribution in [2.24, 2.45) is 0 Å². The van der Waals surface area contributed by atoms with Crippen molar-refractivity contribution in [2.75, 3.05) is 5.32 Å². The van der Waals surface area contributed by atoms with E-state index in [9.17, 15) is 4.79 Å². The predicted molar refractivity (Wildman–Crippen MR) is 54.6 cm³/mol. The highest BCUT2D eigenvalue weighted by atomic mass is 35.5. The molecule has 1 atom stereocenters. The summed E-state index contributed by atoms with van der Waals surface area (Å²) in [5.74, 6) is -0.875. The molecule has 0 aliphatic carbocycles. The van der Waals surface area contributed by atoms with Crippen molar-refractivity contribution >= 4 is 23.3 Å². The number of aromatic nitrogens is 1. The smallest absolute Gasteiger partial charge is 0.326 e. The van der Waals surface area contributed by atoms with Crippen molar-refractivity contribution in [1.82, 2.24) is 4.98 Å². The first-order valence-electron chi connectivity index (χ1n) is 4.24. The van der Waals surface area contributed by atoms with Crippen LogP contribution in [0.5, 0.6) is 0 Å². The van der Waals surface area contributed by atoms with E-state index in [1.165, 1.54) is 6.20 Å². The second kappa shape index (κ2) is 4.81. The Morgan fingerprint density at radius 3 is 3.00 bits per heavy atom. The minimum Gasteiger partial charge on any atom is -0.480 e. The second-order valence-electron chi connectivity index (χ2n) is 2.81. The van der Waals surface area contributed by atoms with E-state index in [0.717, 1.165) is 0 Å². The number of carboxylic acid groups (broad SMARTS) is 1. The molecule has 1 rings (SSSR count). The van der Waals surface area contributed by atoms with Gasteiger partial charge in [0, 0.05) is 11.9 Å². The normalized spacial score (nSPS) is 12.1. The molecule has 0 saturated carbocycles. The zero-order valence-corrected chi connectivity index (χ0v) is 8.45. The number of pyridine rings is 1. The molecule has 5 heteroatoms. The van der Waals surface area contributed by atoms with Gasteiger partial charge in [-0.25, -0.2) is 9.78 Å². The highest BCUT2D eigenvalue weighted by Gasteiger charge is 2.13. The third kappa shape index (κ3) is 2.88. The Kier molecular flexibility index (Phi) is 3.71. The quantitative estimate of drug-likeness (QED) is 0.753. The molecule has 1 unspecified atom stereocenters. The molecule has 0 aliphatic rings. The summed E-state index contributed by atoms with van der Waals surface area (Å²) < 4.78 is 0. The third-order valence-electron chi connectivity index (χ3n) is 1.77. The summed E-state index contributed by atoms with van der Waals surface area (Å²) in [6.07, 6.45) is 2.04. The number of halogens is 1. The van der Waals surface area contributed by atoms with Crippen molar-refractivity contribution < 1.29 is 9.90 Å². The molecular weight excluding hydrogens is 204 g/mol. The van der Waals surface area contributed by atoms with E-state index in [1.807, 2.05) is 0 Å². The lowest BCUT2D eigenvalue weighted by Crippen LogP contribution is -2.28. The van der Waals surface area contributed by atoms with Gasteiger partial charge >= 0.3 is 5.97 Å². The number of aliphatic carboxylic acids is 1. The second-order valence-corrected chi connectivity index (χ2v) is 3.20. The zero-order chi connectivity index (χ0) is 10.6. The summed E-state index contributed by atoms with van der Waals surface area (Å²) in [5, 5.41) is 12.0. The summed E-state index contributed by atoms with van der Waals surface area (Å²) in [6, 6.07) is 2.68. The summed E-state index contributed by atoms with van der Waals surface area (Å²) in [5.41, 5.74) is 0.666. The molecule has 0 amide bonds. The number of rotatable bonds is 4. The standard InChI is InChI=1S/C9H11ClN2O2/c1-2-7(9(13)14)12-6-3-4-11-8(10)5-6/h3-5,7H,2H2,1H3,(H,11,12)(H,13,14). The molecule has 1 aromatic heterocycles. The van der Waals surface area contributed by atoms with Crippen LogP contribution in [0, 0.1) is 0 Å². The molecule has 0 bridgehead atoms. The van der Waals surface area contributed by atoms with Gasteiger partial charge in [0.2, 0.25) is 0 Å². The molecule has 0 spiro atoms. The summed E-state index contributed by atoms with van der Waals surface area (Å²) in [6.45, 7) is 1.80. The van der Waals surface area contributed by atoms with Gasteiger partial charge in [-0.2, -0.15) is 0 Å². The fraction of sp³-hybridized carbons (Fsp3) is 0.333. The molecule has 1 heterocycles. The van der Waals surface area contributed by atoms with Gasteiger partial charge in [-0.15, -0.1) is 0 Å². The molecule has 76 valence electrons. The number of nitrogens with one attached hydrogen (secondary N) is 1. The molecule has 0 aromatic carbocycles. The minimum atomic E-state index is -0.875. The van der Waals surface area contributed by atoms with Crippen LogP contribution in [0.15, 0.2) is 18.3 Å². The Hall–Kier alpha value is -1.29. The van der Waals surface area contributed by atoms with Crippen molar-refractivity contribution in [1.29, 1.82) is 0 Å². The minimum absolute atomic E-state index is 0.343. The average molecular weight is 215 g/mol. The monoisotopic (exact) mass is 214 g/mol. The van der Waals surface area contributed by atoms with Crippen molar-refractivity contribution in [3.8, 4) is 0 Å². The van der Waals surface area contributed by atoms with Crippen LogP contribution in [0.2, 0.25) is 5.15 Å². The zero-order valence-electron chi connectivity index (χ0n) is 7.70. The van der Waals surface area contributed by atoms with Crippen LogP contribution in [0.1, 0.15) is 13.3 Å². The van der Waals surface area contributed by atoms with Gasteiger partial charge in [0.25, 0.3) is 0 Å². The van der Waals surface area contributed by atoms with E-state index >= 15 is 0 Å². The number of nitrogens with zero attached hydrogens (tertiary/aromatic N) is 1. The van der Waals surface area contributed by atoms with E-state index in [2.05, 4.69) is 10.3 Å². The van der Waals surface area contributed by atoms with Crippen molar-refractivity contribution in [3.63, 3.8) is 0 Å². The molecule has 0 radical (unpaired) electrons. The molecule has 0 saturated heterocycles. The molecule has 1 aromatic rings. The van der Waals surface area contributed by atoms with E-state index in [1.54, 1.807) is 19.1 Å². The lowest BCUT2D eigenvalue weighted by atomic mass is 10.2. The van der Waals surface area contributed by atoms with Crippen LogP contribution in [0.4, 0.5) is 5.69 Å². The maximum atomic E-state index is 10.7. The van der Waals surface area contributed by atoms with E-state index in [-0.39, 0.29) is 0 Å². The van der Waals surface area contributed by atoms with Gasteiger partial charge in [-0.05, 0) is 18.6 Å². The van der Waals surface area contributed by atoms with Gasteiger partial charge in [0.05, 0.1) is 0 Å². The average Bonchev–Trinajstić information content (AvgIpc) is 2.14. The van der Waals surface area contributed by atoms with Crippen LogP contribution < -0.4 is 5.32 Å². The van der Waals surface area contributed by atoms with Crippen molar-refractivity contribution in [3.05, 3.63) is 23.5 Å². The maximum Gasteiger partial charge on any atom is 0.326 e. The Labute approximate surface area is 86.9 Å². The Balaban J connectivity index is 2.72. The number of hydrogen-bond acceptors (Lipinski definition) is 3. The first-order chi connectivity index (χ1) is 6.63. The maximum absolute atomic E-state index is 10.7. The Morgan fingerprint density at radius 2 is 2.50 bits per heavy atom. The summed E-state index contributed by atoms with van der Waals surface area (Å²) in [7, 11) is 0. The van der Waals surface area contributed by atoms with Gasteiger partial charge in [-0.1, -0.05) is 18.5 Å². The van der Waals surface area contributed by atoms with Gasteiger partial charge in [0.15, 0.2) is 0 Å². The summed E-state index contributed by atoms with van der Waals surface area (Å²) in [4.78, 5) is 14.5. The fourth-order valence-corrected chi connectivity index (χ4v) is 1.21. The highest BCUT2D eigenvalue weighted by Crippen LogP contribution is 2.13. The first-order valence-corrected chi connectivity index (χ1v) is 4.62. The van der Waals surface area contributed by atoms with Crippen LogP contribution in [0.3, 0.4) is 0 Å². The Morgan fingerprint density at radius 1 is 1.79 bits per heavy atom. The molecule has 0 aliphatic heterocycles. The third-order valence-corrected chi connectivity index (χ3v) is 1.98. The van der Waals surface area contributed by atoms with Crippen molar-refractivity contribution in [2.45, 2.75) is 19.4 Å². The van der Waals surface area contributed by atoms with E-state index in [0.29, 0.717) is 17.3 Å². The SMILES string of the molecule is CCC(Nc1ccnc(Cl)c1)C(=O)O. The molecular formula is C9H11ClN2O2. The lowest BCUT2D eigenvalue weighted by molar-refractivity contribution is -0.137. The summed E-state index contributed by atoms with van der Waals surface area (Å²) >= 11 is 5.65. The van der Waals surface area contributed by atoms with E-state index in [4.69, 9.17) is 16.7 Å². The molecule has 4 nitrogen and oxygen atoms in total. The van der Waals surface area contributed by atoms with Crippen LogP contribution in [-0.4, -0.2) is 22.1 Å². The largest absolute Gasteiger partial charge is 0.480 e. The Bertz CT molecular complexity index is 330. The van der Waals surface area contributed by atoms with Crippen LogP contribution >= 0.6 is 11.6 Å². The molecule has 14 heavy (non-hydrogen) atoms. The van der Waals surface area contributed by atoms with Gasteiger partial charge < -0.3 is 10.4 Å². The van der Waals surface area contributed by atoms with Gasteiger partial charge in [-0.3, -0.25) is 0 Å². The number of anilines is 1. The lowest BCUT2D eigenvalue weighted by Gasteiger charge is -2.13. The van der Waals surface area contributed by atoms with E-state index < -0.39 is 12.0 Å². The molecule has 0 fully saturated rings.